The zero-order chi connectivity index (χ0) is 31.4. The largest absolute Gasteiger partial charge is 0.395 e. The van der Waals surface area contributed by atoms with E-state index in [-0.39, 0.29) is 23.5 Å². The van der Waals surface area contributed by atoms with Gasteiger partial charge >= 0.3 is 0 Å². The third-order valence-corrected chi connectivity index (χ3v) is 9.73. The Labute approximate surface area is 259 Å². The van der Waals surface area contributed by atoms with Crippen LogP contribution >= 0.6 is 0 Å². The highest BCUT2D eigenvalue weighted by atomic mass is 32.2. The van der Waals surface area contributed by atoms with Gasteiger partial charge in [0.25, 0.3) is 5.91 Å². The van der Waals surface area contributed by atoms with Crippen molar-refractivity contribution in [3.05, 3.63) is 82.9 Å². The quantitative estimate of drug-likeness (QED) is 0.394. The van der Waals surface area contributed by atoms with Gasteiger partial charge in [-0.15, -0.1) is 0 Å². The van der Waals surface area contributed by atoms with E-state index >= 15 is 0 Å². The van der Waals surface area contributed by atoms with Gasteiger partial charge in [-0.3, -0.25) is 4.79 Å². The molecule has 2 saturated heterocycles. The summed E-state index contributed by atoms with van der Waals surface area (Å²) in [6, 6.07) is 20.9. The van der Waals surface area contributed by atoms with Crippen molar-refractivity contribution in [2.24, 2.45) is 5.14 Å². The molecule has 0 spiro atoms. The van der Waals surface area contributed by atoms with E-state index in [1.54, 1.807) is 18.2 Å². The van der Waals surface area contributed by atoms with Crippen molar-refractivity contribution in [3.63, 3.8) is 0 Å². The smallest absolute Gasteiger partial charge is 0.254 e. The first-order valence-corrected chi connectivity index (χ1v) is 16.6. The van der Waals surface area contributed by atoms with E-state index in [1.807, 2.05) is 60.0 Å². The molecule has 0 saturated carbocycles. The molecule has 44 heavy (non-hydrogen) atoms. The van der Waals surface area contributed by atoms with Crippen molar-refractivity contribution < 1.29 is 18.3 Å². The number of para-hydroxylation sites is 2. The van der Waals surface area contributed by atoms with E-state index in [0.717, 1.165) is 48.4 Å². The molecule has 0 unspecified atom stereocenters. The molecular weight excluding hydrogens is 576 g/mol. The van der Waals surface area contributed by atoms with E-state index in [9.17, 15) is 23.6 Å². The molecule has 1 amide bonds. The van der Waals surface area contributed by atoms with E-state index in [1.165, 1.54) is 6.07 Å². The fourth-order valence-corrected chi connectivity index (χ4v) is 7.29. The predicted molar refractivity (Wildman–Crippen MR) is 173 cm³/mol. The summed E-state index contributed by atoms with van der Waals surface area (Å²) in [7, 11) is -3.87. The third-order valence-electron chi connectivity index (χ3n) is 8.77. The fraction of sp³-hybridized carbons (Fsp3) is 0.394. The van der Waals surface area contributed by atoms with Gasteiger partial charge in [0.1, 0.15) is 11.0 Å². The number of amides is 1. The van der Waals surface area contributed by atoms with Gasteiger partial charge in [0.2, 0.25) is 10.0 Å². The molecule has 0 atom stereocenters. The van der Waals surface area contributed by atoms with Gasteiger partial charge in [-0.2, -0.15) is 5.26 Å². The monoisotopic (exact) mass is 616 g/mol. The Morgan fingerprint density at radius 3 is 2.18 bits per heavy atom. The lowest BCUT2D eigenvalue weighted by Gasteiger charge is -2.41. The second kappa shape index (κ2) is 13.3. The topological polar surface area (TPSA) is 134 Å². The average Bonchev–Trinajstić information content (AvgIpc) is 3.03. The standard InChI is InChI=1S/C33H40N6O4S/c1-24-21-25(2)31(39(19-20-40)27-11-13-36(14-12-27)29-8-4-3-7-26(29)23-34)22-28(24)33(41)38-17-15-37(16-18-38)30-9-5-6-10-32(30)44(35,42)43/h3-10,21-22,27,40H,11-20H2,1-2H3,(H2,35,42,43). The Morgan fingerprint density at radius 2 is 1.55 bits per heavy atom. The zero-order valence-electron chi connectivity index (χ0n) is 25.3. The Kier molecular flexibility index (Phi) is 9.44. The van der Waals surface area contributed by atoms with Crippen LogP contribution in [0.2, 0.25) is 0 Å². The SMILES string of the molecule is Cc1cc(C)c(N(CCO)C2CCN(c3ccccc3C#N)CC2)cc1C(=O)N1CCN(c2ccccc2S(N)(=O)=O)CC1. The summed E-state index contributed by atoms with van der Waals surface area (Å²) in [5, 5.41) is 25.0. The van der Waals surface area contributed by atoms with Crippen molar-refractivity contribution >= 4 is 33.0 Å². The highest BCUT2D eigenvalue weighted by molar-refractivity contribution is 7.89. The van der Waals surface area contributed by atoms with Gasteiger partial charge in [-0.1, -0.05) is 30.3 Å². The molecule has 2 aliphatic rings. The van der Waals surface area contributed by atoms with E-state index in [0.29, 0.717) is 49.5 Å². The summed E-state index contributed by atoms with van der Waals surface area (Å²) in [6.07, 6.45) is 1.72. The van der Waals surface area contributed by atoms with Crippen LogP contribution in [0.5, 0.6) is 0 Å². The number of rotatable bonds is 8. The predicted octanol–water partition coefficient (Wildman–Crippen LogP) is 3.25. The minimum Gasteiger partial charge on any atom is -0.395 e. The number of nitrogens with two attached hydrogens (primary N) is 1. The number of piperidine rings is 1. The highest BCUT2D eigenvalue weighted by Gasteiger charge is 2.30. The molecule has 3 N–H and O–H groups in total. The van der Waals surface area contributed by atoms with Crippen LogP contribution in [0, 0.1) is 25.2 Å². The number of anilines is 3. The summed E-state index contributed by atoms with van der Waals surface area (Å²) in [5.41, 5.74) is 5.70. The van der Waals surface area contributed by atoms with Crippen molar-refractivity contribution in [2.75, 3.05) is 67.1 Å². The molecule has 3 aromatic carbocycles. The molecule has 0 aliphatic carbocycles. The number of carbonyl (C=O) groups excluding carboxylic acids is 1. The molecule has 5 rings (SSSR count). The van der Waals surface area contributed by atoms with E-state index < -0.39 is 10.0 Å². The van der Waals surface area contributed by atoms with Crippen molar-refractivity contribution in [2.45, 2.75) is 37.6 Å². The minimum atomic E-state index is -3.87. The summed E-state index contributed by atoms with van der Waals surface area (Å²) >= 11 is 0. The Morgan fingerprint density at radius 1 is 0.932 bits per heavy atom. The first kappa shape index (κ1) is 31.3. The second-order valence-electron chi connectivity index (χ2n) is 11.5. The molecular formula is C33H40N6O4S. The van der Waals surface area contributed by atoms with Crippen molar-refractivity contribution in [1.29, 1.82) is 5.26 Å². The summed E-state index contributed by atoms with van der Waals surface area (Å²) in [5.74, 6) is -0.0602. The number of carbonyl (C=O) groups is 1. The number of nitrogens with zero attached hydrogens (tertiary/aromatic N) is 5. The van der Waals surface area contributed by atoms with Gasteiger partial charge in [0, 0.05) is 63.1 Å². The number of hydrogen-bond donors (Lipinski definition) is 2. The normalized spacial score (nSPS) is 16.1. The molecule has 11 heteroatoms. The molecule has 2 aliphatic heterocycles. The number of aliphatic hydroxyl groups excluding tert-OH is 1. The van der Waals surface area contributed by atoms with Crippen LogP contribution in [-0.2, 0) is 10.0 Å². The summed E-state index contributed by atoms with van der Waals surface area (Å²) in [4.78, 5) is 22.2. The molecule has 10 nitrogen and oxygen atoms in total. The van der Waals surface area contributed by atoms with Crippen LogP contribution < -0.4 is 19.8 Å². The number of piperazine rings is 1. The van der Waals surface area contributed by atoms with Crippen LogP contribution in [0.3, 0.4) is 0 Å². The van der Waals surface area contributed by atoms with Crippen molar-refractivity contribution in [1.82, 2.24) is 4.90 Å². The number of benzene rings is 3. The van der Waals surface area contributed by atoms with Crippen LogP contribution in [0.1, 0.15) is 39.9 Å². The number of sulfonamides is 1. The van der Waals surface area contributed by atoms with E-state index in [2.05, 4.69) is 15.9 Å². The molecule has 2 heterocycles. The van der Waals surface area contributed by atoms with Crippen molar-refractivity contribution in [3.8, 4) is 6.07 Å². The Bertz CT molecular complexity index is 1650. The fourth-order valence-electron chi connectivity index (χ4n) is 6.53. The zero-order valence-corrected chi connectivity index (χ0v) is 26.1. The molecule has 0 radical (unpaired) electrons. The molecule has 0 bridgehead atoms. The average molecular weight is 617 g/mol. The highest BCUT2D eigenvalue weighted by Crippen LogP contribution is 2.32. The maximum absolute atomic E-state index is 13.9. The Balaban J connectivity index is 1.32. The number of primary sulfonamides is 1. The lowest BCUT2D eigenvalue weighted by molar-refractivity contribution is 0.0746. The van der Waals surface area contributed by atoms with E-state index in [4.69, 9.17) is 5.14 Å². The molecule has 3 aromatic rings. The van der Waals surface area contributed by atoms with Gasteiger partial charge in [-0.05, 0) is 68.1 Å². The first-order chi connectivity index (χ1) is 21.1. The number of aliphatic hydroxyl groups is 1. The lowest BCUT2D eigenvalue weighted by Crippen LogP contribution is -2.49. The summed E-state index contributed by atoms with van der Waals surface area (Å²) in [6.45, 7) is 7.90. The Hall–Kier alpha value is -4.11. The molecule has 232 valence electrons. The van der Waals surface area contributed by atoms with Crippen LogP contribution in [0.15, 0.2) is 65.6 Å². The van der Waals surface area contributed by atoms with Gasteiger partial charge in [0.05, 0.1) is 23.5 Å². The van der Waals surface area contributed by atoms with Crippen LogP contribution in [0.4, 0.5) is 17.1 Å². The molecule has 2 fully saturated rings. The third kappa shape index (κ3) is 6.53. The van der Waals surface area contributed by atoms with Crippen LogP contribution in [0.25, 0.3) is 0 Å². The molecule has 0 aromatic heterocycles. The summed E-state index contributed by atoms with van der Waals surface area (Å²) < 4.78 is 24.3. The van der Waals surface area contributed by atoms with Gasteiger partial charge < -0.3 is 24.7 Å². The lowest BCUT2D eigenvalue weighted by atomic mass is 9.97. The first-order valence-electron chi connectivity index (χ1n) is 15.0. The maximum atomic E-state index is 13.9. The maximum Gasteiger partial charge on any atom is 0.254 e. The number of hydrogen-bond acceptors (Lipinski definition) is 8. The van der Waals surface area contributed by atoms with Gasteiger partial charge in [-0.25, -0.2) is 13.6 Å². The van der Waals surface area contributed by atoms with Gasteiger partial charge in [0.15, 0.2) is 0 Å². The minimum absolute atomic E-state index is 0.00394. The number of aryl methyl sites for hydroxylation is 2. The van der Waals surface area contributed by atoms with Crippen LogP contribution in [-0.4, -0.2) is 82.8 Å². The number of nitriles is 1. The second-order valence-corrected chi connectivity index (χ2v) is 13.0.